The number of benzene rings is 4. The maximum absolute atomic E-state index is 5.47. The van der Waals surface area contributed by atoms with Crippen molar-refractivity contribution in [3.05, 3.63) is 115 Å². The summed E-state index contributed by atoms with van der Waals surface area (Å²) >= 11 is 5.35. The van der Waals surface area contributed by atoms with Crippen molar-refractivity contribution < 1.29 is 26.7 Å². The van der Waals surface area contributed by atoms with Gasteiger partial charge in [0.05, 0.1) is 14.2 Å². The van der Waals surface area contributed by atoms with Gasteiger partial charge >= 0.3 is 30.6 Å². The molecule has 4 aromatic rings. The van der Waals surface area contributed by atoms with Crippen LogP contribution in [-0.4, -0.2) is 14.2 Å². The Morgan fingerprint density at radius 1 is 0.758 bits per heavy atom. The molecular formula is C27H27BrNO2PPd. The second kappa shape index (κ2) is 15.8. The molecule has 2 N–H and O–H groups in total. The van der Waals surface area contributed by atoms with Crippen LogP contribution < -0.4 is 31.1 Å². The van der Waals surface area contributed by atoms with Gasteiger partial charge in [0.25, 0.3) is 0 Å². The van der Waals surface area contributed by atoms with E-state index in [1.54, 1.807) is 26.4 Å². The largest absolute Gasteiger partial charge is 0.0622 e. The summed E-state index contributed by atoms with van der Waals surface area (Å²) < 4.78 is 10.1. The predicted molar refractivity (Wildman–Crippen MR) is 140 cm³/mol. The van der Waals surface area contributed by atoms with E-state index in [9.17, 15) is 0 Å². The molecule has 0 unspecified atom stereocenters. The number of nitrogens with two attached hydrogens (primary N) is 1. The van der Waals surface area contributed by atoms with Gasteiger partial charge in [0.15, 0.2) is 0 Å². The van der Waals surface area contributed by atoms with Crippen LogP contribution in [0.25, 0.3) is 0 Å². The van der Waals surface area contributed by atoms with Gasteiger partial charge in [-0.25, -0.2) is 0 Å². The fourth-order valence-electron chi connectivity index (χ4n) is 3.13. The van der Waals surface area contributed by atoms with Crippen LogP contribution in [0.1, 0.15) is 5.56 Å². The van der Waals surface area contributed by atoms with E-state index in [1.165, 1.54) is 15.9 Å². The second-order valence-corrected chi connectivity index (χ2v) is 8.85. The van der Waals surface area contributed by atoms with Gasteiger partial charge in [0.2, 0.25) is 0 Å². The van der Waals surface area contributed by atoms with Gasteiger partial charge in [-0.15, -0.1) is 11.6 Å². The molecule has 33 heavy (non-hydrogen) atoms. The Bertz CT molecular complexity index is 960. The van der Waals surface area contributed by atoms with Crippen molar-refractivity contribution in [3.63, 3.8) is 0 Å². The summed E-state index contributed by atoms with van der Waals surface area (Å²) in [6.07, 6.45) is 0. The van der Waals surface area contributed by atoms with Crippen molar-refractivity contribution in [2.75, 3.05) is 14.2 Å². The Kier molecular flexibility index (Phi) is 13.0. The third kappa shape index (κ3) is 8.38. The molecule has 0 fully saturated rings. The summed E-state index contributed by atoms with van der Waals surface area (Å²) in [5.74, 6) is 1.45. The van der Waals surface area contributed by atoms with E-state index in [-0.39, 0.29) is 0 Å². The molecule has 0 radical (unpaired) electrons. The normalized spacial score (nSPS) is 9.79. The van der Waals surface area contributed by atoms with E-state index in [0.29, 0.717) is 6.54 Å². The van der Waals surface area contributed by atoms with E-state index in [1.807, 2.05) is 0 Å². The van der Waals surface area contributed by atoms with Crippen LogP contribution in [0.3, 0.4) is 0 Å². The van der Waals surface area contributed by atoms with Gasteiger partial charge in [-0.2, -0.15) is 6.07 Å². The van der Waals surface area contributed by atoms with Crippen LogP contribution in [0, 0.1) is 6.07 Å². The smallest absolute Gasteiger partial charge is 0.0134 e. The van der Waals surface area contributed by atoms with Crippen LogP contribution in [-0.2, 0) is 23.7 Å². The first-order chi connectivity index (χ1) is 16.3. The third-order valence-corrected chi connectivity index (χ3v) is 7.11. The minimum atomic E-state index is -0.446. The molecule has 0 aliphatic rings. The zero-order chi connectivity index (χ0) is 23.9. The fraction of sp³-hybridized carbons (Fsp3) is 0.111. The quantitative estimate of drug-likeness (QED) is 0.183. The van der Waals surface area contributed by atoms with E-state index >= 15 is 0 Å². The fourth-order valence-corrected chi connectivity index (χ4v) is 5.43. The molecule has 0 saturated heterocycles. The van der Waals surface area contributed by atoms with E-state index < -0.39 is 7.92 Å². The Morgan fingerprint density at radius 2 is 1.18 bits per heavy atom. The first kappa shape index (κ1) is 27.3. The minimum absolute atomic E-state index is 0.424. The number of halogens is 1. The van der Waals surface area contributed by atoms with Crippen LogP contribution >= 0.6 is 21.4 Å². The molecule has 0 spiro atoms. The molecule has 0 bridgehead atoms. The number of methoxy groups -OCH3 is 2. The summed E-state index contributed by atoms with van der Waals surface area (Å²) in [4.78, 5) is 0. The number of rotatable bonds is 6. The summed E-state index contributed by atoms with van der Waals surface area (Å²) in [6.45, 7) is 0.424. The van der Waals surface area contributed by atoms with Gasteiger partial charge in [0.1, 0.15) is 0 Å². The maximum Gasteiger partial charge on any atom is -0.0134 e. The van der Waals surface area contributed by atoms with Gasteiger partial charge in [-0.3, -0.25) is 0 Å². The van der Waals surface area contributed by atoms with Gasteiger partial charge in [-0.05, 0) is 30.4 Å². The predicted octanol–water partition coefficient (Wildman–Crippen LogP) is 5.25. The van der Waals surface area contributed by atoms with Crippen molar-refractivity contribution in [1.82, 2.24) is 0 Å². The average Bonchev–Trinajstić information content (AvgIpc) is 2.92. The van der Waals surface area contributed by atoms with Crippen LogP contribution in [0.2, 0.25) is 0 Å². The Labute approximate surface area is 215 Å². The topological polar surface area (TPSA) is 44.5 Å². The number of ether oxygens (including phenoxy) is 2. The van der Waals surface area contributed by atoms with Crippen molar-refractivity contribution >= 4 is 37.3 Å². The first-order valence-electron chi connectivity index (χ1n) is 10.2. The zero-order valence-electron chi connectivity index (χ0n) is 18.6. The molecule has 0 aliphatic carbocycles. The zero-order valence-corrected chi connectivity index (χ0v) is 22.6. The van der Waals surface area contributed by atoms with E-state index in [4.69, 9.17) is 15.2 Å². The molecule has 3 nitrogen and oxygen atoms in total. The first-order valence-corrected chi connectivity index (χ1v) is 15.1. The monoisotopic (exact) mass is 613 g/mol. The maximum atomic E-state index is 5.47. The number of hydrogen-bond acceptors (Lipinski definition) is 3. The van der Waals surface area contributed by atoms with E-state index in [2.05, 4.69) is 128 Å². The van der Waals surface area contributed by atoms with Crippen molar-refractivity contribution in [2.45, 2.75) is 6.54 Å². The molecule has 0 aromatic heterocycles. The molecule has 0 aliphatic heterocycles. The summed E-state index contributed by atoms with van der Waals surface area (Å²) in [5.41, 5.74) is 6.33. The Balaban J connectivity index is 0.000000238. The molecule has 0 atom stereocenters. The van der Waals surface area contributed by atoms with E-state index in [0.717, 1.165) is 17.1 Å². The van der Waals surface area contributed by atoms with Crippen molar-refractivity contribution in [2.24, 2.45) is 5.73 Å². The molecule has 0 heterocycles. The molecule has 0 saturated carbocycles. The molecule has 0 amide bonds. The summed E-state index contributed by atoms with van der Waals surface area (Å²) in [7, 11) is 2.75. The Hall–Kier alpha value is -1.99. The van der Waals surface area contributed by atoms with Crippen molar-refractivity contribution in [3.8, 4) is 11.5 Å². The van der Waals surface area contributed by atoms with Crippen molar-refractivity contribution in [1.29, 1.82) is 0 Å². The summed E-state index contributed by atoms with van der Waals surface area (Å²) in [6, 6.07) is 38.8. The average molecular weight is 615 g/mol. The van der Waals surface area contributed by atoms with Gasteiger partial charge in [-0.1, -0.05) is 97.1 Å². The van der Waals surface area contributed by atoms with Gasteiger partial charge < -0.3 is 15.2 Å². The van der Waals surface area contributed by atoms with Gasteiger partial charge in [0, 0.05) is 11.5 Å². The molecule has 6 heteroatoms. The SMILES string of the molecule is COc1c[c-]c(CN)c(OC)c1.[Br][Pd+].c1ccc(P(c2ccccc2)c2ccccc2)cc1. The third-order valence-electron chi connectivity index (χ3n) is 4.66. The molecule has 174 valence electrons. The molecular weight excluding hydrogens is 588 g/mol. The molecule has 4 rings (SSSR count). The second-order valence-electron chi connectivity index (χ2n) is 6.63. The Morgan fingerprint density at radius 3 is 1.52 bits per heavy atom. The van der Waals surface area contributed by atoms with Crippen LogP contribution in [0.5, 0.6) is 11.5 Å². The number of hydrogen-bond donors (Lipinski definition) is 1. The summed E-state index contributed by atoms with van der Waals surface area (Å²) in [5, 5.41) is 4.19. The van der Waals surface area contributed by atoms with Crippen LogP contribution in [0.15, 0.2) is 103 Å². The molecule has 4 aromatic carbocycles. The standard InChI is InChI=1S/C18H15P.C9H12NO2.BrH.Pd/c1-4-10-16(11-5-1)19(17-12-6-2-7-13-17)18-14-8-3-9-15-18;1-11-8-4-3-7(6-10)9(5-8)12-2;;/h1-15H;4-5H,6,10H2,1-2H3;1H;/q;-1;;+2/p-1. The minimum Gasteiger partial charge on any atom is -0.0622 e. The van der Waals surface area contributed by atoms with Crippen LogP contribution in [0.4, 0.5) is 0 Å².